The van der Waals surface area contributed by atoms with E-state index in [2.05, 4.69) is 4.72 Å². The maximum absolute atomic E-state index is 11.6. The van der Waals surface area contributed by atoms with Crippen LogP contribution in [0, 0.1) is 13.8 Å². The molecule has 0 aromatic heterocycles. The van der Waals surface area contributed by atoms with Crippen molar-refractivity contribution in [2.45, 2.75) is 20.3 Å². The third-order valence-electron chi connectivity index (χ3n) is 2.07. The summed E-state index contributed by atoms with van der Waals surface area (Å²) in [5.41, 5.74) is 2.61. The van der Waals surface area contributed by atoms with E-state index in [1.807, 2.05) is 19.9 Å². The Morgan fingerprint density at radius 1 is 1.19 bits per heavy atom. The zero-order valence-electron chi connectivity index (χ0n) is 9.53. The molecule has 0 saturated heterocycles. The molecule has 0 amide bonds. The van der Waals surface area contributed by atoms with Crippen molar-refractivity contribution in [3.63, 3.8) is 0 Å². The minimum atomic E-state index is -3.34. The van der Waals surface area contributed by atoms with Gasteiger partial charge in [0, 0.05) is 12.3 Å². The monoisotopic (exact) mass is 243 g/mol. The van der Waals surface area contributed by atoms with E-state index in [1.165, 1.54) is 0 Å². The highest BCUT2D eigenvalue weighted by Crippen LogP contribution is 2.15. The summed E-state index contributed by atoms with van der Waals surface area (Å²) < 4.78 is 25.6. The van der Waals surface area contributed by atoms with Crippen LogP contribution in [0.15, 0.2) is 18.2 Å². The van der Waals surface area contributed by atoms with Crippen molar-refractivity contribution in [3.05, 3.63) is 29.3 Å². The first-order valence-electron chi connectivity index (χ1n) is 5.12. The van der Waals surface area contributed by atoms with Crippen LogP contribution >= 0.6 is 0 Å². The Hall–Kier alpha value is -1.07. The molecule has 90 valence electrons. The first kappa shape index (κ1) is 13.0. The summed E-state index contributed by atoms with van der Waals surface area (Å²) in [7, 11) is -3.34. The van der Waals surface area contributed by atoms with Crippen LogP contribution in [-0.2, 0) is 10.0 Å². The van der Waals surface area contributed by atoms with Crippen molar-refractivity contribution in [1.82, 2.24) is 0 Å². The number of hydrogen-bond donors (Lipinski definition) is 2. The molecule has 0 radical (unpaired) electrons. The van der Waals surface area contributed by atoms with Gasteiger partial charge >= 0.3 is 0 Å². The molecule has 0 atom stereocenters. The van der Waals surface area contributed by atoms with Gasteiger partial charge in [-0.05, 0) is 43.5 Å². The highest BCUT2D eigenvalue weighted by Gasteiger charge is 2.09. The van der Waals surface area contributed by atoms with Gasteiger partial charge in [-0.2, -0.15) is 0 Å². The normalized spacial score (nSPS) is 11.4. The van der Waals surface area contributed by atoms with E-state index in [4.69, 9.17) is 5.11 Å². The highest BCUT2D eigenvalue weighted by atomic mass is 32.2. The molecular weight excluding hydrogens is 226 g/mol. The molecule has 1 aromatic carbocycles. The Bertz CT molecular complexity index is 434. The van der Waals surface area contributed by atoms with Crippen LogP contribution in [0.4, 0.5) is 5.69 Å². The molecule has 1 rings (SSSR count). The van der Waals surface area contributed by atoms with Crippen LogP contribution in [0.25, 0.3) is 0 Å². The second kappa shape index (κ2) is 5.32. The minimum Gasteiger partial charge on any atom is -0.396 e. The molecule has 0 fully saturated rings. The van der Waals surface area contributed by atoms with Gasteiger partial charge in [-0.3, -0.25) is 4.72 Å². The van der Waals surface area contributed by atoms with E-state index < -0.39 is 10.0 Å². The van der Waals surface area contributed by atoms with Gasteiger partial charge in [0.2, 0.25) is 10.0 Å². The lowest BCUT2D eigenvalue weighted by Crippen LogP contribution is -2.17. The number of aryl methyl sites for hydroxylation is 2. The molecule has 0 unspecified atom stereocenters. The number of hydrogen-bond acceptors (Lipinski definition) is 3. The molecule has 2 N–H and O–H groups in total. The van der Waals surface area contributed by atoms with E-state index in [0.717, 1.165) is 11.1 Å². The van der Waals surface area contributed by atoms with E-state index in [1.54, 1.807) is 12.1 Å². The van der Waals surface area contributed by atoms with Crippen molar-refractivity contribution in [2.75, 3.05) is 17.1 Å². The Kier molecular flexibility index (Phi) is 4.32. The Balaban J connectivity index is 2.80. The van der Waals surface area contributed by atoms with Crippen LogP contribution in [0.1, 0.15) is 17.5 Å². The van der Waals surface area contributed by atoms with E-state index in [-0.39, 0.29) is 18.8 Å². The molecule has 5 heteroatoms. The average molecular weight is 243 g/mol. The van der Waals surface area contributed by atoms with Gasteiger partial charge in [0.15, 0.2) is 0 Å². The smallest absolute Gasteiger partial charge is 0.232 e. The fourth-order valence-electron chi connectivity index (χ4n) is 1.52. The number of benzene rings is 1. The lowest BCUT2D eigenvalue weighted by atomic mass is 10.1. The van der Waals surface area contributed by atoms with Crippen LogP contribution in [-0.4, -0.2) is 25.9 Å². The van der Waals surface area contributed by atoms with Gasteiger partial charge in [0.25, 0.3) is 0 Å². The number of rotatable bonds is 5. The van der Waals surface area contributed by atoms with Crippen LogP contribution in [0.2, 0.25) is 0 Å². The van der Waals surface area contributed by atoms with Gasteiger partial charge < -0.3 is 5.11 Å². The summed E-state index contributed by atoms with van der Waals surface area (Å²) in [4.78, 5) is 0. The maximum Gasteiger partial charge on any atom is 0.232 e. The first-order chi connectivity index (χ1) is 7.43. The summed E-state index contributed by atoms with van der Waals surface area (Å²) in [6.45, 7) is 3.71. The number of anilines is 1. The molecule has 16 heavy (non-hydrogen) atoms. The summed E-state index contributed by atoms with van der Waals surface area (Å²) in [5.74, 6) is -0.0590. The fraction of sp³-hybridized carbons (Fsp3) is 0.455. The molecule has 0 bridgehead atoms. The topological polar surface area (TPSA) is 66.4 Å². The molecular formula is C11H17NO3S. The predicted octanol–water partition coefficient (Wildman–Crippen LogP) is 1.43. The van der Waals surface area contributed by atoms with Gasteiger partial charge in [-0.25, -0.2) is 8.42 Å². The third-order valence-corrected chi connectivity index (χ3v) is 3.44. The number of nitrogens with one attached hydrogen (secondary N) is 1. The van der Waals surface area contributed by atoms with Gasteiger partial charge in [-0.15, -0.1) is 0 Å². The van der Waals surface area contributed by atoms with Crippen molar-refractivity contribution in [3.8, 4) is 0 Å². The SMILES string of the molecule is Cc1cc(C)cc(NS(=O)(=O)CCCO)c1. The standard InChI is InChI=1S/C11H17NO3S/c1-9-6-10(2)8-11(7-9)12-16(14,15)5-3-4-13/h6-8,12-13H,3-5H2,1-2H3. The molecule has 0 aliphatic carbocycles. The molecule has 0 aliphatic heterocycles. The highest BCUT2D eigenvalue weighted by molar-refractivity contribution is 7.92. The minimum absolute atomic E-state index is 0.0590. The van der Waals surface area contributed by atoms with Crippen molar-refractivity contribution in [1.29, 1.82) is 0 Å². The Labute approximate surface area is 96.4 Å². The zero-order chi connectivity index (χ0) is 12.2. The van der Waals surface area contributed by atoms with Crippen molar-refractivity contribution in [2.24, 2.45) is 0 Å². The molecule has 0 spiro atoms. The summed E-state index contributed by atoms with van der Waals surface area (Å²) in [6, 6.07) is 5.54. The quantitative estimate of drug-likeness (QED) is 0.822. The van der Waals surface area contributed by atoms with Gasteiger partial charge in [-0.1, -0.05) is 6.07 Å². The van der Waals surface area contributed by atoms with Gasteiger partial charge in [0.05, 0.1) is 5.75 Å². The second-order valence-corrected chi connectivity index (χ2v) is 5.72. The molecule has 4 nitrogen and oxygen atoms in total. The van der Waals surface area contributed by atoms with Crippen LogP contribution in [0.3, 0.4) is 0 Å². The predicted molar refractivity (Wildman–Crippen MR) is 65.0 cm³/mol. The molecule has 0 aliphatic rings. The molecule has 1 aromatic rings. The summed E-state index contributed by atoms with van der Waals surface area (Å²) >= 11 is 0. The maximum atomic E-state index is 11.6. The largest absolute Gasteiger partial charge is 0.396 e. The fourth-order valence-corrected chi connectivity index (χ4v) is 2.61. The molecule has 0 saturated carbocycles. The van der Waals surface area contributed by atoms with E-state index in [9.17, 15) is 8.42 Å². The third kappa shape index (κ3) is 4.20. The Morgan fingerprint density at radius 2 is 1.75 bits per heavy atom. The molecule has 0 heterocycles. The average Bonchev–Trinajstić information content (AvgIpc) is 2.12. The number of aliphatic hydroxyl groups excluding tert-OH is 1. The van der Waals surface area contributed by atoms with Crippen LogP contribution in [0.5, 0.6) is 0 Å². The van der Waals surface area contributed by atoms with E-state index >= 15 is 0 Å². The number of aliphatic hydroxyl groups is 1. The first-order valence-corrected chi connectivity index (χ1v) is 6.78. The zero-order valence-corrected chi connectivity index (χ0v) is 10.3. The van der Waals surface area contributed by atoms with Crippen molar-refractivity contribution >= 4 is 15.7 Å². The lowest BCUT2D eigenvalue weighted by Gasteiger charge is -2.09. The van der Waals surface area contributed by atoms with Crippen molar-refractivity contribution < 1.29 is 13.5 Å². The lowest BCUT2D eigenvalue weighted by molar-refractivity contribution is 0.295. The summed E-state index contributed by atoms with van der Waals surface area (Å²) in [5, 5.41) is 8.59. The van der Waals surface area contributed by atoms with Gasteiger partial charge in [0.1, 0.15) is 0 Å². The van der Waals surface area contributed by atoms with E-state index in [0.29, 0.717) is 5.69 Å². The van der Waals surface area contributed by atoms with Crippen LogP contribution < -0.4 is 4.72 Å². The summed E-state index contributed by atoms with van der Waals surface area (Å²) in [6.07, 6.45) is 0.250. The Morgan fingerprint density at radius 3 is 2.25 bits per heavy atom. The number of sulfonamides is 1. The second-order valence-electron chi connectivity index (χ2n) is 3.87.